The number of piperidine rings is 1. The first-order chi connectivity index (χ1) is 11.8. The van der Waals surface area contributed by atoms with Crippen LogP contribution in [0.15, 0.2) is 24.3 Å². The summed E-state index contributed by atoms with van der Waals surface area (Å²) in [4.78, 5) is 24.3. The van der Waals surface area contributed by atoms with Gasteiger partial charge in [0.2, 0.25) is 0 Å². The molecule has 0 radical (unpaired) electrons. The van der Waals surface area contributed by atoms with Crippen LogP contribution in [0.2, 0.25) is 0 Å². The van der Waals surface area contributed by atoms with E-state index in [0.717, 1.165) is 37.2 Å². The Morgan fingerprint density at radius 3 is 2.36 bits per heavy atom. The van der Waals surface area contributed by atoms with Crippen molar-refractivity contribution in [2.45, 2.75) is 52.2 Å². The molecule has 3 aliphatic heterocycles. The largest absolute Gasteiger partial charge is 0.460 e. The zero-order valence-corrected chi connectivity index (χ0v) is 15.3. The Morgan fingerprint density at radius 1 is 1.12 bits per heavy atom. The van der Waals surface area contributed by atoms with E-state index in [1.54, 1.807) is 4.90 Å². The first-order valence-electron chi connectivity index (χ1n) is 8.80. The van der Waals surface area contributed by atoms with E-state index in [-0.39, 0.29) is 24.2 Å². The summed E-state index contributed by atoms with van der Waals surface area (Å²) in [6, 6.07) is 7.77. The predicted octanol–water partition coefficient (Wildman–Crippen LogP) is 3.56. The average molecular weight is 348 g/mol. The fraction of sp³-hybridized carbons (Fsp3) is 0.579. The van der Waals surface area contributed by atoms with Gasteiger partial charge in [-0.25, -0.2) is 4.79 Å². The minimum Gasteiger partial charge on any atom is -0.460 e. The fourth-order valence-electron chi connectivity index (χ4n) is 2.51. The number of benzene rings is 1. The second kappa shape index (κ2) is 8.74. The first-order valence-corrected chi connectivity index (χ1v) is 8.80. The van der Waals surface area contributed by atoms with Gasteiger partial charge in [0.05, 0.1) is 0 Å². The molecule has 1 saturated heterocycles. The highest BCUT2D eigenvalue weighted by Gasteiger charge is 2.22. The maximum Gasteiger partial charge on any atom is 0.410 e. The van der Waals surface area contributed by atoms with E-state index in [0.29, 0.717) is 6.61 Å². The van der Waals surface area contributed by atoms with Crippen LogP contribution in [0.25, 0.3) is 0 Å². The maximum atomic E-state index is 11.5. The lowest BCUT2D eigenvalue weighted by Crippen LogP contribution is -2.39. The third kappa shape index (κ3) is 7.03. The Kier molecular flexibility index (Phi) is 6.67. The molecule has 1 N–H and O–H groups in total. The Bertz CT molecular complexity index is 543. The van der Waals surface area contributed by atoms with E-state index in [1.807, 2.05) is 45.0 Å². The molecule has 6 heteroatoms. The molecule has 3 aliphatic rings. The molecule has 0 spiro atoms. The Balaban J connectivity index is 0.000000181. The summed E-state index contributed by atoms with van der Waals surface area (Å²) >= 11 is 0. The summed E-state index contributed by atoms with van der Waals surface area (Å²) in [5.41, 5.74) is 1.61. The number of esters is 1. The molecule has 1 fully saturated rings. The molecule has 6 nitrogen and oxygen atoms in total. The zero-order valence-electron chi connectivity index (χ0n) is 15.3. The highest BCUT2D eigenvalue weighted by Crippen LogP contribution is 2.14. The number of carbonyl (C=O) groups is 2. The van der Waals surface area contributed by atoms with Crippen LogP contribution in [0.5, 0.6) is 0 Å². The van der Waals surface area contributed by atoms with Gasteiger partial charge in [-0.2, -0.15) is 0 Å². The molecular weight excluding hydrogens is 320 g/mol. The van der Waals surface area contributed by atoms with Gasteiger partial charge in [0.1, 0.15) is 18.8 Å². The van der Waals surface area contributed by atoms with Crippen LogP contribution < -0.4 is 5.32 Å². The summed E-state index contributed by atoms with van der Waals surface area (Å²) in [6.07, 6.45) is 3.30. The highest BCUT2D eigenvalue weighted by molar-refractivity contribution is 5.75. The van der Waals surface area contributed by atoms with Gasteiger partial charge in [0, 0.05) is 18.8 Å². The molecule has 4 rings (SSSR count). The van der Waals surface area contributed by atoms with Crippen molar-refractivity contribution in [3.63, 3.8) is 0 Å². The van der Waals surface area contributed by atoms with Crippen molar-refractivity contribution in [2.75, 3.05) is 25.0 Å². The van der Waals surface area contributed by atoms with Crippen molar-refractivity contribution in [3.8, 4) is 0 Å². The van der Waals surface area contributed by atoms with Crippen LogP contribution in [-0.2, 0) is 20.9 Å². The average Bonchev–Trinajstić information content (AvgIpc) is 2.72. The summed E-state index contributed by atoms with van der Waals surface area (Å²) in [6.45, 7) is 8.03. The topological polar surface area (TPSA) is 67.9 Å². The molecule has 2 bridgehead atoms. The van der Waals surface area contributed by atoms with Crippen LogP contribution in [0.1, 0.15) is 45.6 Å². The van der Waals surface area contributed by atoms with Crippen LogP contribution in [0, 0.1) is 0 Å². The van der Waals surface area contributed by atoms with Gasteiger partial charge >= 0.3 is 12.1 Å². The van der Waals surface area contributed by atoms with E-state index >= 15 is 0 Å². The number of nitrogens with one attached hydrogen (secondary N) is 1. The third-order valence-electron chi connectivity index (χ3n) is 3.80. The molecule has 3 heterocycles. The second-order valence-corrected chi connectivity index (χ2v) is 7.24. The maximum absolute atomic E-state index is 11.5. The molecule has 0 aliphatic carbocycles. The van der Waals surface area contributed by atoms with Gasteiger partial charge in [-0.1, -0.05) is 12.1 Å². The van der Waals surface area contributed by atoms with Gasteiger partial charge in [-0.15, -0.1) is 0 Å². The number of nitrogens with zero attached hydrogens (tertiary/aromatic N) is 1. The second-order valence-electron chi connectivity index (χ2n) is 7.24. The lowest BCUT2D eigenvalue weighted by Gasteiger charge is -2.29. The molecule has 0 atom stereocenters. The number of anilines is 1. The van der Waals surface area contributed by atoms with Crippen molar-refractivity contribution in [2.24, 2.45) is 0 Å². The van der Waals surface area contributed by atoms with Crippen LogP contribution >= 0.6 is 0 Å². The van der Waals surface area contributed by atoms with Crippen molar-refractivity contribution >= 4 is 17.7 Å². The Labute approximate surface area is 149 Å². The monoisotopic (exact) mass is 348 g/mol. The number of amides is 1. The van der Waals surface area contributed by atoms with Crippen LogP contribution in [0.4, 0.5) is 10.5 Å². The number of carbonyl (C=O) groups excluding carboxylic acids is 2. The van der Waals surface area contributed by atoms with Gasteiger partial charge in [-0.3, -0.25) is 4.79 Å². The van der Waals surface area contributed by atoms with Crippen molar-refractivity contribution in [1.29, 1.82) is 0 Å². The zero-order chi connectivity index (χ0) is 18.3. The molecular formula is C19H28N2O4. The van der Waals surface area contributed by atoms with Crippen LogP contribution in [-0.4, -0.2) is 42.2 Å². The van der Waals surface area contributed by atoms with Gasteiger partial charge < -0.3 is 19.7 Å². The van der Waals surface area contributed by atoms with Crippen molar-refractivity contribution in [1.82, 2.24) is 4.90 Å². The predicted molar refractivity (Wildman–Crippen MR) is 96.4 cm³/mol. The molecule has 0 unspecified atom stereocenters. The SMILES string of the molecule is CC(C)(C)OC(=O)N1CCCCC1.O=C1CNc2ccc(cc2)CO1. The van der Waals surface area contributed by atoms with E-state index in [9.17, 15) is 9.59 Å². The highest BCUT2D eigenvalue weighted by atomic mass is 16.6. The van der Waals surface area contributed by atoms with E-state index in [1.165, 1.54) is 6.42 Å². The van der Waals surface area contributed by atoms with Crippen molar-refractivity contribution in [3.05, 3.63) is 29.8 Å². The normalized spacial score (nSPS) is 17.1. The quantitative estimate of drug-likeness (QED) is 0.726. The molecule has 1 aromatic carbocycles. The van der Waals surface area contributed by atoms with E-state index < -0.39 is 0 Å². The van der Waals surface area contributed by atoms with E-state index in [4.69, 9.17) is 9.47 Å². The fourth-order valence-corrected chi connectivity index (χ4v) is 2.51. The van der Waals surface area contributed by atoms with Gasteiger partial charge in [-0.05, 0) is 57.7 Å². The van der Waals surface area contributed by atoms with E-state index in [2.05, 4.69) is 5.32 Å². The number of likely N-dealkylation sites (tertiary alicyclic amines) is 1. The van der Waals surface area contributed by atoms with Gasteiger partial charge in [0.15, 0.2) is 0 Å². The van der Waals surface area contributed by atoms with Crippen LogP contribution in [0.3, 0.4) is 0 Å². The minimum atomic E-state index is -0.367. The molecule has 0 aromatic heterocycles. The molecule has 25 heavy (non-hydrogen) atoms. The minimum absolute atomic E-state index is 0.160. The first kappa shape index (κ1) is 19.1. The summed E-state index contributed by atoms with van der Waals surface area (Å²) in [5.74, 6) is -0.211. The number of ether oxygens (including phenoxy) is 2. The molecule has 1 aromatic rings. The molecule has 0 saturated carbocycles. The standard InChI is InChI=1S/C10H19NO2.C9H9NO2/c1-10(2,3)13-9(12)11-7-5-4-6-8-11;11-9-5-10-8-3-1-7(2-4-8)6-12-9/h4-8H2,1-3H3;1-4,10H,5-6H2. The third-order valence-corrected chi connectivity index (χ3v) is 3.80. The lowest BCUT2D eigenvalue weighted by atomic mass is 10.1. The Morgan fingerprint density at radius 2 is 1.76 bits per heavy atom. The number of rotatable bonds is 0. The number of hydrogen-bond donors (Lipinski definition) is 1. The number of fused-ring (bicyclic) bond motifs is 6. The smallest absolute Gasteiger partial charge is 0.410 e. The van der Waals surface area contributed by atoms with Gasteiger partial charge in [0.25, 0.3) is 0 Å². The molecule has 1 amide bonds. The number of hydrogen-bond acceptors (Lipinski definition) is 5. The summed E-state index contributed by atoms with van der Waals surface area (Å²) in [5, 5.41) is 2.95. The summed E-state index contributed by atoms with van der Waals surface area (Å²) < 4.78 is 10.2. The lowest BCUT2D eigenvalue weighted by molar-refractivity contribution is -0.142. The Hall–Kier alpha value is -2.24. The van der Waals surface area contributed by atoms with Crippen molar-refractivity contribution < 1.29 is 19.1 Å². The molecule has 138 valence electrons. The summed E-state index contributed by atoms with van der Waals surface area (Å²) in [7, 11) is 0.